The van der Waals surface area contributed by atoms with Crippen molar-refractivity contribution in [1.82, 2.24) is 0 Å². The third-order valence-corrected chi connectivity index (χ3v) is 4.96. The standard InChI is InChI=1S/C19H34O4/c1-5-9-20-14(3)22-12-18-16-7-8-17(11-16)19(18)13-23-15(4)21-10-6-2/h7-8,14-19H,5-6,9-13H2,1-4H3. The van der Waals surface area contributed by atoms with Gasteiger partial charge in [-0.25, -0.2) is 0 Å². The SMILES string of the molecule is CCCOC(C)OCC1C2C=CC(C2)C1COC(C)OCCC. The van der Waals surface area contributed by atoms with Crippen molar-refractivity contribution in [2.24, 2.45) is 23.7 Å². The van der Waals surface area contributed by atoms with Gasteiger partial charge < -0.3 is 18.9 Å². The van der Waals surface area contributed by atoms with E-state index in [1.165, 1.54) is 6.42 Å². The molecule has 0 aromatic carbocycles. The Hall–Kier alpha value is -0.420. The second-order valence-electron chi connectivity index (χ2n) is 6.82. The molecule has 23 heavy (non-hydrogen) atoms. The van der Waals surface area contributed by atoms with Gasteiger partial charge in [-0.05, 0) is 56.8 Å². The van der Waals surface area contributed by atoms with Crippen LogP contribution in [0.5, 0.6) is 0 Å². The maximum absolute atomic E-state index is 5.94. The first-order chi connectivity index (χ1) is 11.2. The van der Waals surface area contributed by atoms with Crippen molar-refractivity contribution in [1.29, 1.82) is 0 Å². The number of hydrogen-bond acceptors (Lipinski definition) is 4. The van der Waals surface area contributed by atoms with Gasteiger partial charge in [0.2, 0.25) is 0 Å². The lowest BCUT2D eigenvalue weighted by molar-refractivity contribution is -0.159. The van der Waals surface area contributed by atoms with E-state index in [0.717, 1.165) is 39.3 Å². The van der Waals surface area contributed by atoms with E-state index in [9.17, 15) is 0 Å². The maximum Gasteiger partial charge on any atom is 0.154 e. The molecule has 4 nitrogen and oxygen atoms in total. The van der Waals surface area contributed by atoms with E-state index < -0.39 is 0 Å². The van der Waals surface area contributed by atoms with Crippen molar-refractivity contribution in [3.05, 3.63) is 12.2 Å². The number of fused-ring (bicyclic) bond motifs is 2. The molecule has 0 aliphatic heterocycles. The van der Waals surface area contributed by atoms with Gasteiger partial charge in [0.15, 0.2) is 12.6 Å². The largest absolute Gasteiger partial charge is 0.353 e. The number of ether oxygens (including phenoxy) is 4. The fraction of sp³-hybridized carbons (Fsp3) is 0.895. The summed E-state index contributed by atoms with van der Waals surface area (Å²) in [5.74, 6) is 2.35. The molecule has 134 valence electrons. The molecule has 2 aliphatic rings. The Morgan fingerprint density at radius 1 is 0.783 bits per heavy atom. The summed E-state index contributed by atoms with van der Waals surface area (Å²) < 4.78 is 23.1. The predicted molar refractivity (Wildman–Crippen MR) is 91.0 cm³/mol. The molecule has 0 amide bonds. The Bertz CT molecular complexity index is 325. The van der Waals surface area contributed by atoms with Gasteiger partial charge in [-0.2, -0.15) is 0 Å². The zero-order valence-electron chi connectivity index (χ0n) is 15.2. The molecule has 2 aliphatic carbocycles. The van der Waals surface area contributed by atoms with Crippen LogP contribution in [0.25, 0.3) is 0 Å². The first-order valence-electron chi connectivity index (χ1n) is 9.30. The van der Waals surface area contributed by atoms with Crippen molar-refractivity contribution < 1.29 is 18.9 Å². The predicted octanol–water partition coefficient (Wildman–Crippen LogP) is 4.00. The smallest absolute Gasteiger partial charge is 0.154 e. The molecule has 0 aromatic rings. The average molecular weight is 326 g/mol. The highest BCUT2D eigenvalue weighted by molar-refractivity contribution is 5.13. The summed E-state index contributed by atoms with van der Waals surface area (Å²) in [5, 5.41) is 0. The lowest BCUT2D eigenvalue weighted by Crippen LogP contribution is -2.31. The number of rotatable bonds is 12. The van der Waals surface area contributed by atoms with Crippen LogP contribution in [0.3, 0.4) is 0 Å². The molecule has 0 radical (unpaired) electrons. The summed E-state index contributed by atoms with van der Waals surface area (Å²) in [6.07, 6.45) is 7.79. The molecule has 0 heterocycles. The molecule has 0 saturated heterocycles. The number of hydrogen-bond donors (Lipinski definition) is 0. The van der Waals surface area contributed by atoms with E-state index >= 15 is 0 Å². The molecule has 4 heteroatoms. The molecule has 2 bridgehead atoms. The minimum absolute atomic E-state index is 0.119. The topological polar surface area (TPSA) is 36.9 Å². The Labute approximate surface area is 141 Å². The van der Waals surface area contributed by atoms with Crippen LogP contribution in [0, 0.1) is 23.7 Å². The van der Waals surface area contributed by atoms with E-state index in [4.69, 9.17) is 18.9 Å². The molecule has 1 fully saturated rings. The highest BCUT2D eigenvalue weighted by Gasteiger charge is 2.44. The summed E-state index contributed by atoms with van der Waals surface area (Å²) in [7, 11) is 0. The minimum atomic E-state index is -0.119. The first kappa shape index (κ1) is 18.9. The van der Waals surface area contributed by atoms with Crippen LogP contribution in [0.2, 0.25) is 0 Å². The van der Waals surface area contributed by atoms with Gasteiger partial charge in [-0.3, -0.25) is 0 Å². The van der Waals surface area contributed by atoms with Gasteiger partial charge in [0.05, 0.1) is 13.2 Å². The van der Waals surface area contributed by atoms with Gasteiger partial charge in [-0.1, -0.05) is 26.0 Å². The first-order valence-corrected chi connectivity index (χ1v) is 9.30. The van der Waals surface area contributed by atoms with E-state index in [0.29, 0.717) is 23.7 Å². The molecule has 6 atom stereocenters. The molecule has 1 saturated carbocycles. The van der Waals surface area contributed by atoms with Crippen molar-refractivity contribution in [2.45, 2.75) is 59.5 Å². The van der Waals surface area contributed by atoms with Crippen molar-refractivity contribution >= 4 is 0 Å². The summed E-state index contributed by atoms with van der Waals surface area (Å²) in [6, 6.07) is 0. The lowest BCUT2D eigenvalue weighted by atomic mass is 9.84. The van der Waals surface area contributed by atoms with Crippen molar-refractivity contribution in [2.75, 3.05) is 26.4 Å². The van der Waals surface area contributed by atoms with E-state index in [1.807, 2.05) is 13.8 Å². The zero-order chi connectivity index (χ0) is 16.7. The molecular formula is C19H34O4. The maximum atomic E-state index is 5.94. The molecule has 0 N–H and O–H groups in total. The van der Waals surface area contributed by atoms with Gasteiger partial charge in [-0.15, -0.1) is 0 Å². The Kier molecular flexibility index (Phi) is 8.04. The van der Waals surface area contributed by atoms with Gasteiger partial charge in [0.25, 0.3) is 0 Å². The quantitative estimate of drug-likeness (QED) is 0.401. The number of allylic oxidation sites excluding steroid dienone is 2. The molecule has 0 aromatic heterocycles. The van der Waals surface area contributed by atoms with Crippen LogP contribution in [0.1, 0.15) is 47.0 Å². The van der Waals surface area contributed by atoms with Gasteiger partial charge in [0.1, 0.15) is 0 Å². The van der Waals surface area contributed by atoms with Crippen LogP contribution in [0.15, 0.2) is 12.2 Å². The molecule has 0 spiro atoms. The summed E-state index contributed by atoms with van der Waals surface area (Å²) in [6.45, 7) is 11.2. The Morgan fingerprint density at radius 3 is 1.61 bits per heavy atom. The van der Waals surface area contributed by atoms with E-state index in [1.54, 1.807) is 0 Å². The van der Waals surface area contributed by atoms with Gasteiger partial charge in [0, 0.05) is 13.2 Å². The molecule has 6 unspecified atom stereocenters. The monoisotopic (exact) mass is 326 g/mol. The molecule has 2 rings (SSSR count). The average Bonchev–Trinajstić information content (AvgIpc) is 3.15. The van der Waals surface area contributed by atoms with E-state index in [-0.39, 0.29) is 12.6 Å². The fourth-order valence-electron chi connectivity index (χ4n) is 3.68. The zero-order valence-corrected chi connectivity index (χ0v) is 15.2. The summed E-state index contributed by atoms with van der Waals surface area (Å²) in [4.78, 5) is 0. The second-order valence-corrected chi connectivity index (χ2v) is 6.82. The highest BCUT2D eigenvalue weighted by Crippen LogP contribution is 2.48. The highest BCUT2D eigenvalue weighted by atomic mass is 16.7. The Morgan fingerprint density at radius 2 is 1.22 bits per heavy atom. The Balaban J connectivity index is 1.77. The van der Waals surface area contributed by atoms with Crippen LogP contribution in [0.4, 0.5) is 0 Å². The lowest BCUT2D eigenvalue weighted by Gasteiger charge is -2.29. The third-order valence-electron chi connectivity index (χ3n) is 4.96. The van der Waals surface area contributed by atoms with E-state index in [2.05, 4.69) is 26.0 Å². The van der Waals surface area contributed by atoms with Gasteiger partial charge >= 0.3 is 0 Å². The summed E-state index contributed by atoms with van der Waals surface area (Å²) in [5.41, 5.74) is 0. The second kappa shape index (κ2) is 9.77. The van der Waals surface area contributed by atoms with Crippen LogP contribution in [-0.2, 0) is 18.9 Å². The third kappa shape index (κ3) is 5.56. The molecular weight excluding hydrogens is 292 g/mol. The van der Waals surface area contributed by atoms with Crippen molar-refractivity contribution in [3.63, 3.8) is 0 Å². The van der Waals surface area contributed by atoms with Crippen molar-refractivity contribution in [3.8, 4) is 0 Å². The minimum Gasteiger partial charge on any atom is -0.353 e. The van der Waals surface area contributed by atoms with Crippen LogP contribution in [-0.4, -0.2) is 39.0 Å². The van der Waals surface area contributed by atoms with Crippen LogP contribution >= 0.6 is 0 Å². The summed E-state index contributed by atoms with van der Waals surface area (Å²) >= 11 is 0. The fourth-order valence-corrected chi connectivity index (χ4v) is 3.68. The normalized spacial score (nSPS) is 31.7. The van der Waals surface area contributed by atoms with Crippen LogP contribution < -0.4 is 0 Å².